The molecule has 0 bridgehead atoms. The fourth-order valence-electron chi connectivity index (χ4n) is 1.63. The first kappa shape index (κ1) is 15.9. The molecule has 0 aromatic heterocycles. The van der Waals surface area contributed by atoms with Crippen LogP contribution in [0.25, 0.3) is 0 Å². The van der Waals surface area contributed by atoms with Gasteiger partial charge < -0.3 is 5.32 Å². The molecule has 0 atom stereocenters. The first-order chi connectivity index (χ1) is 9.75. The van der Waals surface area contributed by atoms with Crippen LogP contribution in [-0.4, -0.2) is 5.91 Å². The van der Waals surface area contributed by atoms with E-state index in [1.807, 2.05) is 0 Å². The molecular weight excluding hydrogens is 371 g/mol. The summed E-state index contributed by atoms with van der Waals surface area (Å²) in [5.74, 6) is -0.516. The Bertz CT molecular complexity index is 671. The van der Waals surface area contributed by atoms with E-state index in [1.54, 1.807) is 24.3 Å². The number of carbonyl (C=O) groups excluding carboxylic acids is 1. The number of halogens is 5. The number of benzene rings is 2. The molecule has 21 heavy (non-hydrogen) atoms. The summed E-state index contributed by atoms with van der Waals surface area (Å²) in [5, 5.41) is 2.29. The van der Waals surface area contributed by atoms with Crippen LogP contribution < -0.4 is 5.32 Å². The van der Waals surface area contributed by atoms with Gasteiger partial charge in [-0.15, -0.1) is 0 Å². The summed E-state index contributed by atoms with van der Waals surface area (Å²) in [4.78, 5) is 11.9. The lowest BCUT2D eigenvalue weighted by molar-refractivity contribution is -0.137. The Labute approximate surface area is 132 Å². The zero-order chi connectivity index (χ0) is 15.6. The van der Waals surface area contributed by atoms with Crippen molar-refractivity contribution in [3.63, 3.8) is 0 Å². The molecule has 0 fully saturated rings. The highest BCUT2D eigenvalue weighted by atomic mass is 79.9. The normalized spacial score (nSPS) is 11.3. The molecule has 0 saturated heterocycles. The van der Waals surface area contributed by atoms with Crippen molar-refractivity contribution in [2.75, 3.05) is 5.32 Å². The monoisotopic (exact) mass is 377 g/mol. The quantitative estimate of drug-likeness (QED) is 0.747. The summed E-state index contributed by atoms with van der Waals surface area (Å²) in [7, 11) is 0. The van der Waals surface area contributed by atoms with Crippen LogP contribution in [0.2, 0.25) is 5.02 Å². The number of alkyl halides is 3. The number of hydrogen-bond donors (Lipinski definition) is 1. The van der Waals surface area contributed by atoms with Crippen LogP contribution in [0.15, 0.2) is 46.9 Å². The molecule has 0 aliphatic rings. The van der Waals surface area contributed by atoms with E-state index < -0.39 is 17.6 Å². The van der Waals surface area contributed by atoms with E-state index in [4.69, 9.17) is 11.6 Å². The van der Waals surface area contributed by atoms with Gasteiger partial charge in [-0.3, -0.25) is 4.79 Å². The van der Waals surface area contributed by atoms with E-state index in [0.29, 0.717) is 5.56 Å². The Balaban J connectivity index is 2.25. The number of carbonyl (C=O) groups is 1. The maximum absolute atomic E-state index is 12.7. The van der Waals surface area contributed by atoms with Crippen molar-refractivity contribution in [3.8, 4) is 0 Å². The van der Waals surface area contributed by atoms with Crippen molar-refractivity contribution in [2.45, 2.75) is 6.18 Å². The second kappa shape index (κ2) is 6.07. The highest BCUT2D eigenvalue weighted by Gasteiger charge is 2.31. The minimum atomic E-state index is -4.53. The van der Waals surface area contributed by atoms with Gasteiger partial charge in [-0.25, -0.2) is 0 Å². The smallest absolute Gasteiger partial charge is 0.322 e. The average molecular weight is 379 g/mol. The van der Waals surface area contributed by atoms with Gasteiger partial charge in [0.15, 0.2) is 0 Å². The lowest BCUT2D eigenvalue weighted by Gasteiger charge is -2.11. The maximum Gasteiger partial charge on any atom is 0.416 e. The summed E-state index contributed by atoms with van der Waals surface area (Å²) in [6.45, 7) is 0. The van der Waals surface area contributed by atoms with Gasteiger partial charge in [-0.1, -0.05) is 27.5 Å². The van der Waals surface area contributed by atoms with Gasteiger partial charge in [0.05, 0.1) is 5.56 Å². The van der Waals surface area contributed by atoms with Crippen LogP contribution in [0.4, 0.5) is 18.9 Å². The highest BCUT2D eigenvalue weighted by Crippen LogP contribution is 2.33. The van der Waals surface area contributed by atoms with Crippen LogP contribution in [0, 0.1) is 0 Å². The molecule has 0 aliphatic carbocycles. The SMILES string of the molecule is O=C(Nc1cc(Cl)cc(C(F)(F)F)c1)c1ccc(Br)cc1. The molecular formula is C14H8BrClF3NO. The van der Waals surface area contributed by atoms with Crippen LogP contribution in [0.1, 0.15) is 15.9 Å². The van der Waals surface area contributed by atoms with Gasteiger partial charge in [-0.2, -0.15) is 13.2 Å². The lowest BCUT2D eigenvalue weighted by Crippen LogP contribution is -2.13. The molecule has 2 aromatic carbocycles. The predicted octanol–water partition coefficient (Wildman–Crippen LogP) is 5.37. The van der Waals surface area contributed by atoms with E-state index in [0.717, 1.165) is 16.6 Å². The van der Waals surface area contributed by atoms with Gasteiger partial charge in [-0.05, 0) is 42.5 Å². The highest BCUT2D eigenvalue weighted by molar-refractivity contribution is 9.10. The second-order valence-electron chi connectivity index (χ2n) is 4.19. The van der Waals surface area contributed by atoms with Crippen molar-refractivity contribution >= 4 is 39.1 Å². The Morgan fingerprint density at radius 1 is 1.10 bits per heavy atom. The molecule has 0 heterocycles. The van der Waals surface area contributed by atoms with Crippen LogP contribution >= 0.6 is 27.5 Å². The van der Waals surface area contributed by atoms with Gasteiger partial charge in [0.25, 0.3) is 5.91 Å². The van der Waals surface area contributed by atoms with Crippen molar-refractivity contribution in [1.82, 2.24) is 0 Å². The number of amides is 1. The zero-order valence-electron chi connectivity index (χ0n) is 10.3. The summed E-state index contributed by atoms with van der Waals surface area (Å²) >= 11 is 8.88. The van der Waals surface area contributed by atoms with E-state index in [-0.39, 0.29) is 10.7 Å². The fraction of sp³-hybridized carbons (Fsp3) is 0.0714. The molecule has 2 aromatic rings. The van der Waals surface area contributed by atoms with Crippen molar-refractivity contribution in [3.05, 3.63) is 63.1 Å². The Morgan fingerprint density at radius 2 is 1.71 bits per heavy atom. The minimum absolute atomic E-state index is 0.0113. The number of anilines is 1. The third kappa shape index (κ3) is 4.22. The van der Waals surface area contributed by atoms with Gasteiger partial charge in [0, 0.05) is 20.7 Å². The molecule has 1 N–H and O–H groups in total. The first-order valence-electron chi connectivity index (χ1n) is 5.70. The Morgan fingerprint density at radius 3 is 2.29 bits per heavy atom. The molecule has 0 aliphatic heterocycles. The predicted molar refractivity (Wildman–Crippen MR) is 78.5 cm³/mol. The summed E-state index contributed by atoms with van der Waals surface area (Å²) in [5.41, 5.74) is -0.601. The van der Waals surface area contributed by atoms with E-state index in [1.165, 1.54) is 6.07 Å². The lowest BCUT2D eigenvalue weighted by atomic mass is 10.1. The van der Waals surface area contributed by atoms with Crippen molar-refractivity contribution in [1.29, 1.82) is 0 Å². The van der Waals surface area contributed by atoms with Gasteiger partial charge in [0.2, 0.25) is 0 Å². The number of nitrogens with one attached hydrogen (secondary N) is 1. The maximum atomic E-state index is 12.7. The molecule has 0 unspecified atom stereocenters. The van der Waals surface area contributed by atoms with Crippen LogP contribution in [0.3, 0.4) is 0 Å². The standard InChI is InChI=1S/C14H8BrClF3NO/c15-10-3-1-8(2-4-10)13(21)20-12-6-9(14(17,18)19)5-11(16)7-12/h1-7H,(H,20,21). The van der Waals surface area contributed by atoms with Crippen molar-refractivity contribution < 1.29 is 18.0 Å². The average Bonchev–Trinajstić information content (AvgIpc) is 2.37. The third-order valence-electron chi connectivity index (χ3n) is 2.59. The second-order valence-corrected chi connectivity index (χ2v) is 5.54. The fourth-order valence-corrected chi connectivity index (χ4v) is 2.13. The van der Waals surface area contributed by atoms with Crippen LogP contribution in [-0.2, 0) is 6.18 Å². The molecule has 7 heteroatoms. The summed E-state index contributed by atoms with van der Waals surface area (Å²) < 4.78 is 38.8. The van der Waals surface area contributed by atoms with E-state index in [2.05, 4.69) is 21.2 Å². The molecule has 2 nitrogen and oxygen atoms in total. The number of rotatable bonds is 2. The molecule has 0 radical (unpaired) electrons. The summed E-state index contributed by atoms with van der Waals surface area (Å²) in [6.07, 6.45) is -4.53. The first-order valence-corrected chi connectivity index (χ1v) is 6.87. The van der Waals surface area contributed by atoms with Gasteiger partial charge in [0.1, 0.15) is 0 Å². The third-order valence-corrected chi connectivity index (χ3v) is 3.34. The van der Waals surface area contributed by atoms with E-state index >= 15 is 0 Å². The Kier molecular flexibility index (Phi) is 4.58. The summed E-state index contributed by atoms with van der Waals surface area (Å²) in [6, 6.07) is 9.32. The molecule has 110 valence electrons. The molecule has 0 spiro atoms. The number of hydrogen-bond acceptors (Lipinski definition) is 1. The molecule has 0 saturated carbocycles. The van der Waals surface area contributed by atoms with Gasteiger partial charge >= 0.3 is 6.18 Å². The zero-order valence-corrected chi connectivity index (χ0v) is 12.7. The molecule has 1 amide bonds. The van der Waals surface area contributed by atoms with Crippen LogP contribution in [0.5, 0.6) is 0 Å². The largest absolute Gasteiger partial charge is 0.416 e. The Hall–Kier alpha value is -1.53. The molecule has 2 rings (SSSR count). The minimum Gasteiger partial charge on any atom is -0.322 e. The van der Waals surface area contributed by atoms with E-state index in [9.17, 15) is 18.0 Å². The topological polar surface area (TPSA) is 29.1 Å². The van der Waals surface area contributed by atoms with Crippen molar-refractivity contribution in [2.24, 2.45) is 0 Å².